The summed E-state index contributed by atoms with van der Waals surface area (Å²) in [5.74, 6) is -0.645. The molecule has 0 saturated heterocycles. The van der Waals surface area contributed by atoms with Gasteiger partial charge in [0, 0.05) is 9.90 Å². The van der Waals surface area contributed by atoms with Crippen LogP contribution in [0.1, 0.15) is 26.8 Å². The van der Waals surface area contributed by atoms with E-state index >= 15 is 0 Å². The van der Waals surface area contributed by atoms with Crippen molar-refractivity contribution < 1.29 is 14.0 Å². The molecule has 5 nitrogen and oxygen atoms in total. The molecule has 2 aromatic heterocycles. The van der Waals surface area contributed by atoms with Gasteiger partial charge in [0.1, 0.15) is 6.26 Å². The van der Waals surface area contributed by atoms with Crippen molar-refractivity contribution in [2.24, 2.45) is 0 Å². The van der Waals surface area contributed by atoms with Crippen LogP contribution < -0.4 is 10.6 Å². The first-order valence-electron chi connectivity index (χ1n) is 7.52. The molecule has 7 heteroatoms. The lowest BCUT2D eigenvalue weighted by Gasteiger charge is -2.18. The third-order valence-electron chi connectivity index (χ3n) is 3.53. The number of hydrogen-bond acceptors (Lipinski definition) is 4. The van der Waals surface area contributed by atoms with Crippen molar-refractivity contribution in [2.45, 2.75) is 6.04 Å². The van der Waals surface area contributed by atoms with Crippen molar-refractivity contribution in [3.8, 4) is 0 Å². The Hall–Kier alpha value is -2.57. The first kappa shape index (κ1) is 17.3. The van der Waals surface area contributed by atoms with Gasteiger partial charge in [-0.25, -0.2) is 0 Å². The van der Waals surface area contributed by atoms with Gasteiger partial charge in [-0.1, -0.05) is 29.8 Å². The molecule has 25 heavy (non-hydrogen) atoms. The van der Waals surface area contributed by atoms with Gasteiger partial charge in [-0.2, -0.15) is 0 Å². The van der Waals surface area contributed by atoms with E-state index in [9.17, 15) is 9.59 Å². The molecular weight excluding hydrogens is 360 g/mol. The third kappa shape index (κ3) is 4.49. The maximum absolute atomic E-state index is 12.3. The largest absolute Gasteiger partial charge is 0.472 e. The lowest BCUT2D eigenvalue weighted by atomic mass is 10.1. The van der Waals surface area contributed by atoms with Crippen molar-refractivity contribution >= 4 is 34.8 Å². The smallest absolute Gasteiger partial charge is 0.254 e. The Morgan fingerprint density at radius 2 is 1.96 bits per heavy atom. The first-order valence-corrected chi connectivity index (χ1v) is 8.78. The minimum atomic E-state index is -0.358. The van der Waals surface area contributed by atoms with Gasteiger partial charge in [0.05, 0.1) is 24.4 Å². The van der Waals surface area contributed by atoms with Crippen LogP contribution in [0.4, 0.5) is 0 Å². The molecule has 0 bridgehead atoms. The summed E-state index contributed by atoms with van der Waals surface area (Å²) in [6.45, 7) is -0.126. The summed E-state index contributed by atoms with van der Waals surface area (Å²) < 4.78 is 4.85. The highest BCUT2D eigenvalue weighted by molar-refractivity contribution is 7.10. The fourth-order valence-electron chi connectivity index (χ4n) is 2.30. The summed E-state index contributed by atoms with van der Waals surface area (Å²) in [4.78, 5) is 25.2. The molecule has 0 aliphatic rings. The van der Waals surface area contributed by atoms with E-state index in [2.05, 4.69) is 10.6 Å². The van der Waals surface area contributed by atoms with Crippen LogP contribution in [0.25, 0.3) is 0 Å². The SMILES string of the molecule is O=C(CNC(=O)c1ccoc1)N[C@@H](c1ccc(Cl)cc1)c1cccs1. The average molecular weight is 375 g/mol. The summed E-state index contributed by atoms with van der Waals surface area (Å²) >= 11 is 7.49. The number of furan rings is 1. The zero-order valence-electron chi connectivity index (χ0n) is 13.1. The van der Waals surface area contributed by atoms with Crippen LogP contribution in [-0.2, 0) is 4.79 Å². The molecule has 2 N–H and O–H groups in total. The Labute approximate surface area is 153 Å². The van der Waals surface area contributed by atoms with Gasteiger partial charge in [-0.15, -0.1) is 11.3 Å². The highest BCUT2D eigenvalue weighted by Gasteiger charge is 2.18. The topological polar surface area (TPSA) is 71.3 Å². The molecule has 2 amide bonds. The van der Waals surface area contributed by atoms with Crippen LogP contribution in [0.5, 0.6) is 0 Å². The molecule has 0 fully saturated rings. The van der Waals surface area contributed by atoms with Gasteiger partial charge in [-0.05, 0) is 35.2 Å². The van der Waals surface area contributed by atoms with Gasteiger partial charge >= 0.3 is 0 Å². The normalized spacial score (nSPS) is 11.7. The molecule has 0 unspecified atom stereocenters. The average Bonchev–Trinajstić information content (AvgIpc) is 3.31. The highest BCUT2D eigenvalue weighted by atomic mass is 35.5. The number of thiophene rings is 1. The van der Waals surface area contributed by atoms with E-state index in [4.69, 9.17) is 16.0 Å². The number of benzene rings is 1. The van der Waals surface area contributed by atoms with E-state index < -0.39 is 0 Å². The van der Waals surface area contributed by atoms with E-state index in [0.29, 0.717) is 10.6 Å². The number of carbonyl (C=O) groups is 2. The number of rotatable bonds is 6. The summed E-state index contributed by atoms with van der Waals surface area (Å²) in [6.07, 6.45) is 2.73. The van der Waals surface area contributed by atoms with Crippen molar-refractivity contribution in [3.05, 3.63) is 81.4 Å². The van der Waals surface area contributed by atoms with E-state index in [1.54, 1.807) is 23.5 Å². The van der Waals surface area contributed by atoms with E-state index in [-0.39, 0.29) is 24.4 Å². The second-order valence-corrected chi connectivity index (χ2v) is 6.68. The lowest BCUT2D eigenvalue weighted by Crippen LogP contribution is -2.38. The van der Waals surface area contributed by atoms with Crippen LogP contribution in [0, 0.1) is 0 Å². The first-order chi connectivity index (χ1) is 12.1. The quantitative estimate of drug-likeness (QED) is 0.692. The van der Waals surface area contributed by atoms with E-state index in [1.165, 1.54) is 18.6 Å². The van der Waals surface area contributed by atoms with Crippen LogP contribution in [0.15, 0.2) is 64.8 Å². The van der Waals surface area contributed by atoms with Crippen molar-refractivity contribution in [3.63, 3.8) is 0 Å². The Balaban J connectivity index is 1.67. The Morgan fingerprint density at radius 3 is 2.60 bits per heavy atom. The lowest BCUT2D eigenvalue weighted by molar-refractivity contribution is -0.120. The summed E-state index contributed by atoms with van der Waals surface area (Å²) in [7, 11) is 0. The molecule has 0 aliphatic carbocycles. The Bertz CT molecular complexity index is 830. The summed E-state index contributed by atoms with van der Waals surface area (Å²) in [6, 6.07) is 12.4. The molecule has 1 atom stereocenters. The fourth-order valence-corrected chi connectivity index (χ4v) is 3.23. The maximum atomic E-state index is 12.3. The molecule has 3 rings (SSSR count). The van der Waals surface area contributed by atoms with E-state index in [1.807, 2.05) is 29.6 Å². The molecular formula is C18H15ClN2O3S. The Kier molecular flexibility index (Phi) is 5.53. The third-order valence-corrected chi connectivity index (χ3v) is 4.72. The van der Waals surface area contributed by atoms with Gasteiger partial charge < -0.3 is 15.1 Å². The molecule has 2 heterocycles. The summed E-state index contributed by atoms with van der Waals surface area (Å²) in [5.41, 5.74) is 1.29. The number of hydrogen-bond donors (Lipinski definition) is 2. The predicted molar refractivity (Wildman–Crippen MR) is 96.8 cm³/mol. The van der Waals surface area contributed by atoms with Gasteiger partial charge in [-0.3, -0.25) is 9.59 Å². The van der Waals surface area contributed by atoms with Gasteiger partial charge in [0.2, 0.25) is 5.91 Å². The van der Waals surface area contributed by atoms with Crippen LogP contribution in [-0.4, -0.2) is 18.4 Å². The van der Waals surface area contributed by atoms with Gasteiger partial charge in [0.15, 0.2) is 0 Å². The number of amides is 2. The zero-order valence-corrected chi connectivity index (χ0v) is 14.6. The van der Waals surface area contributed by atoms with Gasteiger partial charge in [0.25, 0.3) is 5.91 Å². The van der Waals surface area contributed by atoms with Crippen LogP contribution in [0.2, 0.25) is 5.02 Å². The Morgan fingerprint density at radius 1 is 1.16 bits per heavy atom. The number of carbonyl (C=O) groups excluding carboxylic acids is 2. The van der Waals surface area contributed by atoms with Crippen molar-refractivity contribution in [2.75, 3.05) is 6.54 Å². The number of nitrogens with one attached hydrogen (secondary N) is 2. The highest BCUT2D eigenvalue weighted by Crippen LogP contribution is 2.26. The predicted octanol–water partition coefficient (Wildman–Crippen LogP) is 3.63. The minimum Gasteiger partial charge on any atom is -0.472 e. The molecule has 128 valence electrons. The standard InChI is InChI=1S/C18H15ClN2O3S/c19-14-5-3-12(4-6-14)17(15-2-1-9-25-15)21-16(22)10-20-18(23)13-7-8-24-11-13/h1-9,11,17H,10H2,(H,20,23)(H,21,22)/t17-/m0/s1. The number of halogens is 1. The van der Waals surface area contributed by atoms with Crippen molar-refractivity contribution in [1.29, 1.82) is 0 Å². The fraction of sp³-hybridized carbons (Fsp3) is 0.111. The molecule has 1 aromatic carbocycles. The molecule has 3 aromatic rings. The van der Waals surface area contributed by atoms with E-state index in [0.717, 1.165) is 10.4 Å². The monoisotopic (exact) mass is 374 g/mol. The molecule has 0 aliphatic heterocycles. The molecule has 0 saturated carbocycles. The maximum Gasteiger partial charge on any atom is 0.254 e. The minimum absolute atomic E-state index is 0.126. The second kappa shape index (κ2) is 8.00. The molecule has 0 radical (unpaired) electrons. The van der Waals surface area contributed by atoms with Crippen molar-refractivity contribution in [1.82, 2.24) is 10.6 Å². The zero-order chi connectivity index (χ0) is 17.6. The molecule has 0 spiro atoms. The van der Waals surface area contributed by atoms with Crippen LogP contribution in [0.3, 0.4) is 0 Å². The second-order valence-electron chi connectivity index (χ2n) is 5.26. The van der Waals surface area contributed by atoms with Crippen LogP contribution >= 0.6 is 22.9 Å². The summed E-state index contributed by atoms with van der Waals surface area (Å²) in [5, 5.41) is 8.09.